The van der Waals surface area contributed by atoms with Crippen molar-refractivity contribution in [3.05, 3.63) is 12.2 Å². The van der Waals surface area contributed by atoms with Crippen molar-refractivity contribution in [3.8, 4) is 0 Å². The lowest BCUT2D eigenvalue weighted by Gasteiger charge is -1.69. The molecule has 0 bridgehead atoms. The van der Waals surface area contributed by atoms with Crippen LogP contribution < -0.4 is 0 Å². The number of hydrogen-bond donors (Lipinski definition) is 0. The standard InChI is InChI=1S/C2F4.C2H6/c3-1(4)2(5)6;1-2/h;1-2H3. The molecule has 0 amide bonds. The Hall–Kier alpha value is -0.540. The second-order valence-corrected chi connectivity index (χ2v) is 0.521. The average molecular weight is 130 g/mol. The van der Waals surface area contributed by atoms with Gasteiger partial charge in [-0.1, -0.05) is 13.8 Å². The van der Waals surface area contributed by atoms with Crippen LogP contribution in [0.15, 0.2) is 12.2 Å². The van der Waals surface area contributed by atoms with Crippen LogP contribution >= 0.6 is 0 Å². The molecule has 0 unspecified atom stereocenters. The maximum Gasteiger partial charge on any atom is 0.334 e. The predicted octanol–water partition coefficient (Wildman–Crippen LogP) is 3.02. The maximum atomic E-state index is 10.3. The van der Waals surface area contributed by atoms with Gasteiger partial charge >= 0.3 is 12.2 Å². The minimum Gasteiger partial charge on any atom is -0.167 e. The Bertz CT molecular complexity index is 58.1. The molecule has 0 saturated carbocycles. The molecule has 0 radical (unpaired) electrons. The highest BCUT2D eigenvalue weighted by Gasteiger charge is 1.98. The zero-order valence-electron chi connectivity index (χ0n) is 4.51. The van der Waals surface area contributed by atoms with Crippen LogP contribution in [0.1, 0.15) is 13.8 Å². The lowest BCUT2D eigenvalue weighted by atomic mass is 11.0. The summed E-state index contributed by atoms with van der Waals surface area (Å²) in [7, 11) is 0. The Labute approximate surface area is 44.8 Å². The lowest BCUT2D eigenvalue weighted by Crippen LogP contribution is -1.56. The number of halogens is 4. The van der Waals surface area contributed by atoms with Crippen LogP contribution in [-0.4, -0.2) is 0 Å². The molecule has 0 aliphatic rings. The summed E-state index contributed by atoms with van der Waals surface area (Å²) in [6.07, 6.45) is -5.81. The van der Waals surface area contributed by atoms with Crippen LogP contribution in [-0.2, 0) is 0 Å². The van der Waals surface area contributed by atoms with Crippen LogP contribution in [0.25, 0.3) is 0 Å². The molecule has 0 atom stereocenters. The van der Waals surface area contributed by atoms with Gasteiger partial charge < -0.3 is 0 Å². The monoisotopic (exact) mass is 130 g/mol. The van der Waals surface area contributed by atoms with E-state index in [4.69, 9.17) is 0 Å². The van der Waals surface area contributed by atoms with Crippen LogP contribution in [0, 0.1) is 0 Å². The molecule has 0 aromatic carbocycles. The zero-order chi connectivity index (χ0) is 7.15. The van der Waals surface area contributed by atoms with E-state index >= 15 is 0 Å². The lowest BCUT2D eigenvalue weighted by molar-refractivity contribution is 0.308. The molecule has 0 fully saturated rings. The Kier molecular flexibility index (Phi) is 8.43. The highest BCUT2D eigenvalue weighted by Crippen LogP contribution is 2.08. The van der Waals surface area contributed by atoms with Crippen molar-refractivity contribution in [2.75, 3.05) is 0 Å². The molecule has 0 N–H and O–H groups in total. The Balaban J connectivity index is 0. The summed E-state index contributed by atoms with van der Waals surface area (Å²) in [4.78, 5) is 0. The summed E-state index contributed by atoms with van der Waals surface area (Å²) < 4.78 is 41.1. The summed E-state index contributed by atoms with van der Waals surface area (Å²) in [5.74, 6) is 0. The molecule has 0 spiro atoms. The molecule has 0 aromatic heterocycles. The minimum absolute atomic E-state index is 2.00. The fourth-order valence-corrected chi connectivity index (χ4v) is 0. The molecular formula is C4H6F4. The largest absolute Gasteiger partial charge is 0.334 e. The molecule has 4 heteroatoms. The van der Waals surface area contributed by atoms with E-state index in [9.17, 15) is 17.6 Å². The third-order valence-electron chi connectivity index (χ3n) is 0.143. The fraction of sp³-hybridized carbons (Fsp3) is 0.500. The van der Waals surface area contributed by atoms with E-state index < -0.39 is 12.2 Å². The van der Waals surface area contributed by atoms with Gasteiger partial charge in [0.2, 0.25) is 0 Å². The third-order valence-corrected chi connectivity index (χ3v) is 0.143. The molecule has 0 saturated heterocycles. The minimum atomic E-state index is -2.91. The first kappa shape index (κ1) is 10.4. The van der Waals surface area contributed by atoms with Crippen molar-refractivity contribution in [2.45, 2.75) is 13.8 Å². The van der Waals surface area contributed by atoms with E-state index in [1.165, 1.54) is 0 Å². The van der Waals surface area contributed by atoms with Gasteiger partial charge in [-0.15, -0.1) is 0 Å². The maximum absolute atomic E-state index is 10.3. The van der Waals surface area contributed by atoms with E-state index in [1.54, 1.807) is 0 Å². The highest BCUT2D eigenvalue weighted by atomic mass is 19.3. The van der Waals surface area contributed by atoms with Crippen molar-refractivity contribution < 1.29 is 17.6 Å². The molecule has 0 aliphatic heterocycles. The molecular weight excluding hydrogens is 124 g/mol. The number of rotatable bonds is 0. The molecule has 0 nitrogen and oxygen atoms in total. The van der Waals surface area contributed by atoms with Gasteiger partial charge in [0.05, 0.1) is 0 Å². The van der Waals surface area contributed by atoms with Crippen LogP contribution in [0.3, 0.4) is 0 Å². The van der Waals surface area contributed by atoms with Crippen LogP contribution in [0.2, 0.25) is 0 Å². The van der Waals surface area contributed by atoms with Gasteiger partial charge in [0.1, 0.15) is 0 Å². The molecule has 0 aromatic rings. The topological polar surface area (TPSA) is 0 Å². The van der Waals surface area contributed by atoms with E-state index in [1.807, 2.05) is 13.8 Å². The Morgan fingerprint density at radius 1 is 0.750 bits per heavy atom. The van der Waals surface area contributed by atoms with Crippen molar-refractivity contribution in [3.63, 3.8) is 0 Å². The molecule has 0 aliphatic carbocycles. The van der Waals surface area contributed by atoms with Gasteiger partial charge in [-0.2, -0.15) is 17.6 Å². The summed E-state index contributed by atoms with van der Waals surface area (Å²) in [5.41, 5.74) is 0. The van der Waals surface area contributed by atoms with Gasteiger partial charge in [-0.05, 0) is 0 Å². The normalized spacial score (nSPS) is 6.75. The van der Waals surface area contributed by atoms with Crippen molar-refractivity contribution >= 4 is 0 Å². The van der Waals surface area contributed by atoms with Crippen LogP contribution in [0.5, 0.6) is 0 Å². The third kappa shape index (κ3) is 9.07. The van der Waals surface area contributed by atoms with Gasteiger partial charge in [0, 0.05) is 0 Å². The number of hydrogen-bond acceptors (Lipinski definition) is 0. The first-order valence-electron chi connectivity index (χ1n) is 2.01. The molecule has 8 heavy (non-hydrogen) atoms. The average Bonchev–Trinajstić information content (AvgIpc) is 1.72. The second-order valence-electron chi connectivity index (χ2n) is 0.521. The Morgan fingerprint density at radius 2 is 0.875 bits per heavy atom. The first-order valence-corrected chi connectivity index (χ1v) is 2.01. The van der Waals surface area contributed by atoms with Gasteiger partial charge in [-0.25, -0.2) is 0 Å². The summed E-state index contributed by atoms with van der Waals surface area (Å²) in [6, 6.07) is 0. The fourth-order valence-electron chi connectivity index (χ4n) is 0. The van der Waals surface area contributed by atoms with E-state index in [2.05, 4.69) is 0 Å². The van der Waals surface area contributed by atoms with E-state index in [-0.39, 0.29) is 0 Å². The van der Waals surface area contributed by atoms with E-state index in [0.717, 1.165) is 0 Å². The molecule has 50 valence electrons. The van der Waals surface area contributed by atoms with Gasteiger partial charge in [-0.3, -0.25) is 0 Å². The van der Waals surface area contributed by atoms with Crippen LogP contribution in [0.4, 0.5) is 17.6 Å². The van der Waals surface area contributed by atoms with Gasteiger partial charge in [0.25, 0.3) is 0 Å². The summed E-state index contributed by atoms with van der Waals surface area (Å²) >= 11 is 0. The Morgan fingerprint density at radius 3 is 0.875 bits per heavy atom. The molecule has 0 heterocycles. The SMILES string of the molecule is CC.FC(F)=C(F)F. The zero-order valence-corrected chi connectivity index (χ0v) is 4.51. The highest BCUT2D eigenvalue weighted by molar-refractivity contribution is 4.77. The quantitative estimate of drug-likeness (QED) is 0.442. The first-order chi connectivity index (χ1) is 3.64. The second kappa shape index (κ2) is 6.46. The summed E-state index contributed by atoms with van der Waals surface area (Å²) in [5, 5.41) is 0. The van der Waals surface area contributed by atoms with Crippen molar-refractivity contribution in [1.82, 2.24) is 0 Å². The molecule has 0 rings (SSSR count). The smallest absolute Gasteiger partial charge is 0.167 e. The van der Waals surface area contributed by atoms with Gasteiger partial charge in [0.15, 0.2) is 0 Å². The van der Waals surface area contributed by atoms with E-state index in [0.29, 0.717) is 0 Å². The van der Waals surface area contributed by atoms with Crippen molar-refractivity contribution in [1.29, 1.82) is 0 Å². The summed E-state index contributed by atoms with van der Waals surface area (Å²) in [6.45, 7) is 4.00. The predicted molar refractivity (Wildman–Crippen MR) is 22.8 cm³/mol. The van der Waals surface area contributed by atoms with Crippen molar-refractivity contribution in [2.24, 2.45) is 0 Å².